The second-order valence-electron chi connectivity index (χ2n) is 6.80. The molecule has 1 aromatic heterocycles. The van der Waals surface area contributed by atoms with E-state index in [2.05, 4.69) is 4.90 Å². The van der Waals surface area contributed by atoms with Gasteiger partial charge in [-0.05, 0) is 18.1 Å². The van der Waals surface area contributed by atoms with Crippen molar-refractivity contribution in [3.63, 3.8) is 0 Å². The lowest BCUT2D eigenvalue weighted by molar-refractivity contribution is 0.0595. The van der Waals surface area contributed by atoms with Gasteiger partial charge in [-0.3, -0.25) is 4.90 Å². The van der Waals surface area contributed by atoms with Gasteiger partial charge in [0.15, 0.2) is 0 Å². The molecule has 0 spiro atoms. The van der Waals surface area contributed by atoms with E-state index in [0.717, 1.165) is 21.8 Å². The fourth-order valence-corrected chi connectivity index (χ4v) is 7.13. The first-order valence-corrected chi connectivity index (χ1v) is 11.8. The van der Waals surface area contributed by atoms with Crippen LogP contribution in [0.15, 0.2) is 28.5 Å². The number of ether oxygens (including phenoxy) is 1. The van der Waals surface area contributed by atoms with Gasteiger partial charge in [0.25, 0.3) is 10.0 Å². The number of methoxy groups -OCH3 is 1. The summed E-state index contributed by atoms with van der Waals surface area (Å²) in [6.07, 6.45) is 0.512. The van der Waals surface area contributed by atoms with Gasteiger partial charge in [0.1, 0.15) is 10.0 Å². The summed E-state index contributed by atoms with van der Waals surface area (Å²) < 4.78 is 46.6. The molecule has 0 atom stereocenters. The Morgan fingerprint density at radius 3 is 2.59 bits per heavy atom. The number of halogens is 1. The summed E-state index contributed by atoms with van der Waals surface area (Å²) in [5.41, 5.74) is 1.49. The SMILES string of the molecule is CCN(CC)S(=O)(=O)c1sc2c(c1C(=O)OC)CCN(Cc1ccccc1F)C2. The average molecular weight is 441 g/mol. The molecule has 1 aromatic carbocycles. The highest BCUT2D eigenvalue weighted by Gasteiger charge is 2.36. The normalized spacial score (nSPS) is 14.8. The van der Waals surface area contributed by atoms with Gasteiger partial charge in [-0.2, -0.15) is 4.31 Å². The predicted octanol–water partition coefficient (Wildman–Crippen LogP) is 3.26. The second-order valence-corrected chi connectivity index (χ2v) is 10.0. The maximum atomic E-state index is 14.0. The van der Waals surface area contributed by atoms with Crippen LogP contribution >= 0.6 is 11.3 Å². The highest BCUT2D eigenvalue weighted by atomic mass is 32.2. The Kier molecular flexibility index (Phi) is 6.72. The first-order chi connectivity index (χ1) is 13.8. The molecule has 0 saturated carbocycles. The molecule has 2 heterocycles. The summed E-state index contributed by atoms with van der Waals surface area (Å²) in [6.45, 7) is 5.67. The van der Waals surface area contributed by atoms with Crippen molar-refractivity contribution in [1.29, 1.82) is 0 Å². The standard InChI is InChI=1S/C20H25FN2O4S2/c1-4-23(5-2)29(25,26)20-18(19(24)27-3)15-10-11-22(13-17(15)28-20)12-14-8-6-7-9-16(14)21/h6-9H,4-5,10-13H2,1-3H3. The molecule has 6 nitrogen and oxygen atoms in total. The molecule has 158 valence electrons. The Bertz CT molecular complexity index is 1000. The van der Waals surface area contributed by atoms with Crippen LogP contribution in [-0.2, 0) is 34.3 Å². The largest absolute Gasteiger partial charge is 0.465 e. The van der Waals surface area contributed by atoms with E-state index in [0.29, 0.717) is 44.7 Å². The highest BCUT2D eigenvalue weighted by Crippen LogP contribution is 2.38. The fraction of sp³-hybridized carbons (Fsp3) is 0.450. The van der Waals surface area contributed by atoms with Crippen molar-refractivity contribution in [3.8, 4) is 0 Å². The van der Waals surface area contributed by atoms with Gasteiger partial charge in [-0.25, -0.2) is 17.6 Å². The van der Waals surface area contributed by atoms with Crippen LogP contribution in [0, 0.1) is 5.82 Å². The molecule has 0 unspecified atom stereocenters. The molecule has 9 heteroatoms. The van der Waals surface area contributed by atoms with Crippen LogP contribution in [0.4, 0.5) is 4.39 Å². The molecular weight excluding hydrogens is 415 g/mol. The quantitative estimate of drug-likeness (QED) is 0.619. The third kappa shape index (κ3) is 4.23. The van der Waals surface area contributed by atoms with Gasteiger partial charge in [-0.1, -0.05) is 32.0 Å². The van der Waals surface area contributed by atoms with E-state index in [1.807, 2.05) is 0 Å². The monoisotopic (exact) mass is 440 g/mol. The van der Waals surface area contributed by atoms with E-state index in [9.17, 15) is 17.6 Å². The molecule has 0 fully saturated rings. The van der Waals surface area contributed by atoms with Crippen molar-refractivity contribution in [2.24, 2.45) is 0 Å². The third-order valence-corrected chi connectivity index (χ3v) is 8.89. The molecule has 3 rings (SSSR count). The number of carbonyl (C=O) groups is 1. The van der Waals surface area contributed by atoms with E-state index >= 15 is 0 Å². The zero-order valence-electron chi connectivity index (χ0n) is 16.8. The lowest BCUT2D eigenvalue weighted by Crippen LogP contribution is -2.31. The van der Waals surface area contributed by atoms with Gasteiger partial charge in [0.2, 0.25) is 0 Å². The summed E-state index contributed by atoms with van der Waals surface area (Å²) in [7, 11) is -2.53. The highest BCUT2D eigenvalue weighted by molar-refractivity contribution is 7.91. The minimum absolute atomic E-state index is 0.0470. The Hall–Kier alpha value is -1.81. The number of sulfonamides is 1. The first kappa shape index (κ1) is 21.9. The molecule has 1 aliphatic rings. The zero-order valence-corrected chi connectivity index (χ0v) is 18.4. The van der Waals surface area contributed by atoms with Gasteiger partial charge in [-0.15, -0.1) is 11.3 Å². The van der Waals surface area contributed by atoms with Gasteiger partial charge < -0.3 is 4.74 Å². The van der Waals surface area contributed by atoms with E-state index in [4.69, 9.17) is 4.74 Å². The van der Waals surface area contributed by atoms with Crippen molar-refractivity contribution in [3.05, 3.63) is 51.7 Å². The lowest BCUT2D eigenvalue weighted by Gasteiger charge is -2.27. The van der Waals surface area contributed by atoms with Crippen LogP contribution < -0.4 is 0 Å². The number of rotatable bonds is 7. The van der Waals surface area contributed by atoms with Crippen molar-refractivity contribution >= 4 is 27.3 Å². The summed E-state index contributed by atoms with van der Waals surface area (Å²) in [5, 5.41) is 0. The molecule has 2 aromatic rings. The summed E-state index contributed by atoms with van der Waals surface area (Å²) >= 11 is 1.12. The van der Waals surface area contributed by atoms with Crippen molar-refractivity contribution in [1.82, 2.24) is 9.21 Å². The second kappa shape index (κ2) is 8.91. The zero-order chi connectivity index (χ0) is 21.2. The number of thiophene rings is 1. The Morgan fingerprint density at radius 1 is 1.28 bits per heavy atom. The lowest BCUT2D eigenvalue weighted by atomic mass is 10.0. The van der Waals surface area contributed by atoms with Crippen molar-refractivity contribution < 1.29 is 22.3 Å². The predicted molar refractivity (Wildman–Crippen MR) is 110 cm³/mol. The van der Waals surface area contributed by atoms with E-state index in [1.165, 1.54) is 17.5 Å². The summed E-state index contributed by atoms with van der Waals surface area (Å²) in [6, 6.07) is 6.62. The van der Waals surface area contributed by atoms with Crippen LogP contribution in [0.25, 0.3) is 0 Å². The van der Waals surface area contributed by atoms with E-state index < -0.39 is 16.0 Å². The Labute approximate surface area is 174 Å². The molecular formula is C20H25FN2O4S2. The third-order valence-electron chi connectivity index (χ3n) is 5.12. The topological polar surface area (TPSA) is 66.9 Å². The van der Waals surface area contributed by atoms with Crippen LogP contribution in [0.1, 0.15) is 40.2 Å². The van der Waals surface area contributed by atoms with Crippen LogP contribution in [0.2, 0.25) is 0 Å². The molecule has 0 radical (unpaired) electrons. The number of fused-ring (bicyclic) bond motifs is 1. The average Bonchev–Trinajstić information content (AvgIpc) is 3.09. The van der Waals surface area contributed by atoms with Crippen molar-refractivity contribution in [2.75, 3.05) is 26.7 Å². The maximum absolute atomic E-state index is 14.0. The number of esters is 1. The molecule has 0 N–H and O–H groups in total. The molecule has 1 aliphatic heterocycles. The smallest absolute Gasteiger partial charge is 0.340 e. The van der Waals surface area contributed by atoms with E-state index in [1.54, 1.807) is 32.0 Å². The molecule has 29 heavy (non-hydrogen) atoms. The van der Waals surface area contributed by atoms with Gasteiger partial charge >= 0.3 is 5.97 Å². The van der Waals surface area contributed by atoms with Crippen molar-refractivity contribution in [2.45, 2.75) is 37.6 Å². The number of nitrogens with zero attached hydrogens (tertiary/aromatic N) is 2. The molecule has 0 aliphatic carbocycles. The number of benzene rings is 1. The summed E-state index contributed by atoms with van der Waals surface area (Å²) in [4.78, 5) is 15.3. The number of hydrogen-bond donors (Lipinski definition) is 0. The van der Waals surface area contributed by atoms with Crippen LogP contribution in [-0.4, -0.2) is 50.3 Å². The minimum Gasteiger partial charge on any atom is -0.465 e. The minimum atomic E-state index is -3.79. The van der Waals surface area contributed by atoms with E-state index in [-0.39, 0.29) is 15.6 Å². The van der Waals surface area contributed by atoms with Gasteiger partial charge in [0.05, 0.1) is 12.7 Å². The molecule has 0 amide bonds. The fourth-order valence-electron chi connectivity index (χ4n) is 3.60. The molecule has 0 bridgehead atoms. The number of hydrogen-bond acceptors (Lipinski definition) is 6. The Morgan fingerprint density at radius 2 is 1.97 bits per heavy atom. The van der Waals surface area contributed by atoms with Crippen LogP contribution in [0.5, 0.6) is 0 Å². The molecule has 0 saturated heterocycles. The Balaban J connectivity index is 1.98. The summed E-state index contributed by atoms with van der Waals surface area (Å²) in [5.74, 6) is -0.889. The van der Waals surface area contributed by atoms with Crippen LogP contribution in [0.3, 0.4) is 0 Å². The van der Waals surface area contributed by atoms with Gasteiger partial charge in [0, 0.05) is 43.2 Å². The number of carbonyl (C=O) groups excluding carboxylic acids is 1. The maximum Gasteiger partial charge on any atom is 0.340 e. The first-order valence-electron chi connectivity index (χ1n) is 9.52.